The van der Waals surface area contributed by atoms with Crippen molar-refractivity contribution in [2.75, 3.05) is 6.54 Å². The lowest BCUT2D eigenvalue weighted by Gasteiger charge is -2.36. The molecule has 1 aliphatic rings. The second-order valence-electron chi connectivity index (χ2n) is 5.51. The van der Waals surface area contributed by atoms with E-state index in [2.05, 4.69) is 42.6 Å². The summed E-state index contributed by atoms with van der Waals surface area (Å²) in [5.74, 6) is 0.617. The monoisotopic (exact) mass is 207 g/mol. The number of nitrogens with one attached hydrogen (secondary N) is 1. The number of hydrogen-bond acceptors (Lipinski definition) is 2. The van der Waals surface area contributed by atoms with Crippen LogP contribution in [0.4, 0.5) is 0 Å². The highest BCUT2D eigenvalue weighted by atomic mass is 15.2. The molecule has 1 aromatic rings. The van der Waals surface area contributed by atoms with E-state index in [9.17, 15) is 0 Å². The third kappa shape index (κ3) is 1.93. The van der Waals surface area contributed by atoms with Crippen molar-refractivity contribution in [2.24, 2.45) is 0 Å². The van der Waals surface area contributed by atoms with Gasteiger partial charge in [0, 0.05) is 29.4 Å². The maximum Gasteiger partial charge on any atom is 0.0921 e. The zero-order valence-corrected chi connectivity index (χ0v) is 10.1. The minimum Gasteiger partial charge on any atom is -0.348 e. The zero-order chi connectivity index (χ0) is 11.1. The van der Waals surface area contributed by atoms with Crippen LogP contribution in [0.25, 0.3) is 0 Å². The van der Waals surface area contributed by atoms with Crippen molar-refractivity contribution in [3.05, 3.63) is 18.2 Å². The van der Waals surface area contributed by atoms with Crippen LogP contribution in [-0.2, 0) is 0 Å². The lowest BCUT2D eigenvalue weighted by molar-refractivity contribution is 0.125. The van der Waals surface area contributed by atoms with E-state index in [1.165, 1.54) is 18.7 Å². The molecular weight excluding hydrogens is 186 g/mol. The van der Waals surface area contributed by atoms with E-state index < -0.39 is 0 Å². The normalized spacial score (nSPS) is 28.5. The van der Waals surface area contributed by atoms with Crippen LogP contribution >= 0.6 is 0 Å². The third-order valence-electron chi connectivity index (χ3n) is 3.54. The van der Waals surface area contributed by atoms with Gasteiger partial charge in [-0.1, -0.05) is 0 Å². The van der Waals surface area contributed by atoms with Crippen molar-refractivity contribution >= 4 is 0 Å². The number of H-pyrrole nitrogens is 1. The van der Waals surface area contributed by atoms with E-state index in [4.69, 9.17) is 0 Å². The fraction of sp³-hybridized carbons (Fsp3) is 0.750. The van der Waals surface area contributed by atoms with Gasteiger partial charge in [0.1, 0.15) is 0 Å². The highest BCUT2D eigenvalue weighted by Crippen LogP contribution is 2.36. The number of aromatic amines is 1. The number of likely N-dealkylation sites (tertiary alicyclic amines) is 1. The maximum absolute atomic E-state index is 4.11. The second-order valence-corrected chi connectivity index (χ2v) is 5.51. The van der Waals surface area contributed by atoms with Gasteiger partial charge in [0.2, 0.25) is 0 Å². The first-order chi connectivity index (χ1) is 7.00. The number of nitrogens with zero attached hydrogens (tertiary/aromatic N) is 2. The average Bonchev–Trinajstić information content (AvgIpc) is 2.69. The summed E-state index contributed by atoms with van der Waals surface area (Å²) >= 11 is 0. The van der Waals surface area contributed by atoms with Gasteiger partial charge in [-0.25, -0.2) is 4.98 Å². The molecule has 0 saturated carbocycles. The Morgan fingerprint density at radius 1 is 1.47 bits per heavy atom. The van der Waals surface area contributed by atoms with Crippen LogP contribution in [-0.4, -0.2) is 33.0 Å². The summed E-state index contributed by atoms with van der Waals surface area (Å²) in [6.07, 6.45) is 4.98. The lowest BCUT2D eigenvalue weighted by Crippen LogP contribution is -2.44. The topological polar surface area (TPSA) is 31.9 Å². The fourth-order valence-electron chi connectivity index (χ4n) is 2.77. The fourth-order valence-corrected chi connectivity index (χ4v) is 2.77. The molecule has 15 heavy (non-hydrogen) atoms. The van der Waals surface area contributed by atoms with E-state index in [0.29, 0.717) is 12.0 Å². The molecule has 0 amide bonds. The summed E-state index contributed by atoms with van der Waals surface area (Å²) in [5, 5.41) is 0. The molecule has 1 fully saturated rings. The summed E-state index contributed by atoms with van der Waals surface area (Å²) < 4.78 is 0. The van der Waals surface area contributed by atoms with E-state index in [1.807, 2.05) is 6.20 Å². The van der Waals surface area contributed by atoms with Crippen LogP contribution < -0.4 is 0 Å². The molecule has 1 aromatic heterocycles. The Hall–Kier alpha value is -0.830. The van der Waals surface area contributed by atoms with Crippen LogP contribution in [0.5, 0.6) is 0 Å². The number of rotatable bonds is 1. The van der Waals surface area contributed by atoms with Crippen LogP contribution in [0.1, 0.15) is 45.7 Å². The molecule has 0 spiro atoms. The first-order valence-electron chi connectivity index (χ1n) is 5.75. The van der Waals surface area contributed by atoms with Gasteiger partial charge in [-0.05, 0) is 40.7 Å². The van der Waals surface area contributed by atoms with E-state index in [0.717, 1.165) is 0 Å². The molecule has 84 valence electrons. The largest absolute Gasteiger partial charge is 0.348 e. The first-order valence-corrected chi connectivity index (χ1v) is 5.75. The van der Waals surface area contributed by atoms with E-state index in [-0.39, 0.29) is 5.54 Å². The van der Waals surface area contributed by atoms with Crippen molar-refractivity contribution in [1.29, 1.82) is 0 Å². The van der Waals surface area contributed by atoms with Crippen molar-refractivity contribution in [3.8, 4) is 0 Å². The third-order valence-corrected chi connectivity index (χ3v) is 3.54. The molecule has 3 heteroatoms. The van der Waals surface area contributed by atoms with Crippen LogP contribution in [0, 0.1) is 0 Å². The highest BCUT2D eigenvalue weighted by Gasteiger charge is 2.37. The Labute approximate surface area is 91.9 Å². The molecule has 1 saturated heterocycles. The first kappa shape index (κ1) is 10.7. The smallest absolute Gasteiger partial charge is 0.0921 e. The highest BCUT2D eigenvalue weighted by molar-refractivity contribution is 5.11. The molecular formula is C12H21N3. The van der Waals surface area contributed by atoms with Crippen LogP contribution in [0.3, 0.4) is 0 Å². The molecule has 2 rings (SSSR count). The molecule has 0 radical (unpaired) electrons. The van der Waals surface area contributed by atoms with Gasteiger partial charge < -0.3 is 4.98 Å². The Kier molecular flexibility index (Phi) is 2.59. The molecule has 1 aliphatic heterocycles. The molecule has 2 heterocycles. The molecule has 0 aromatic carbocycles. The van der Waals surface area contributed by atoms with Gasteiger partial charge in [0.15, 0.2) is 0 Å². The Morgan fingerprint density at radius 3 is 2.67 bits per heavy atom. The van der Waals surface area contributed by atoms with E-state index in [1.54, 1.807) is 6.33 Å². The lowest BCUT2D eigenvalue weighted by atomic mass is 9.97. The molecule has 1 unspecified atom stereocenters. The predicted octanol–water partition coefficient (Wildman–Crippen LogP) is 2.39. The van der Waals surface area contributed by atoms with Gasteiger partial charge >= 0.3 is 0 Å². The Morgan fingerprint density at radius 2 is 2.20 bits per heavy atom. The predicted molar refractivity (Wildman–Crippen MR) is 61.9 cm³/mol. The number of hydrogen-bond donors (Lipinski definition) is 1. The van der Waals surface area contributed by atoms with Crippen molar-refractivity contribution < 1.29 is 0 Å². The van der Waals surface area contributed by atoms with Crippen LogP contribution in [0.2, 0.25) is 0 Å². The van der Waals surface area contributed by atoms with Crippen molar-refractivity contribution in [3.63, 3.8) is 0 Å². The minimum atomic E-state index is 0.272. The summed E-state index contributed by atoms with van der Waals surface area (Å²) in [6, 6.07) is 0.602. The summed E-state index contributed by atoms with van der Waals surface area (Å²) in [7, 11) is 0. The molecule has 1 N–H and O–H groups in total. The van der Waals surface area contributed by atoms with E-state index >= 15 is 0 Å². The Bertz CT molecular complexity index is 310. The van der Waals surface area contributed by atoms with Gasteiger partial charge in [-0.2, -0.15) is 0 Å². The standard InChI is InChI=1S/C12H21N3/c1-9-10(11-7-13-8-14-11)5-6-15(9)12(2,3)4/h7-10H,5-6H2,1-4H3,(H,13,14)/t9-,10?/m1/s1. The molecule has 2 atom stereocenters. The summed E-state index contributed by atoms with van der Waals surface area (Å²) in [6.45, 7) is 10.4. The van der Waals surface area contributed by atoms with Gasteiger partial charge in [0.05, 0.1) is 6.33 Å². The molecule has 0 aliphatic carbocycles. The summed E-state index contributed by atoms with van der Waals surface area (Å²) in [4.78, 5) is 9.94. The quantitative estimate of drug-likeness (QED) is 0.766. The molecule has 3 nitrogen and oxygen atoms in total. The number of aromatic nitrogens is 2. The molecule has 0 bridgehead atoms. The van der Waals surface area contributed by atoms with Gasteiger partial charge in [-0.3, -0.25) is 4.90 Å². The zero-order valence-electron chi connectivity index (χ0n) is 10.1. The SMILES string of the molecule is C[C@@H]1C(c2cnc[nH]2)CCN1C(C)(C)C. The minimum absolute atomic E-state index is 0.272. The van der Waals surface area contributed by atoms with Gasteiger partial charge in [0.25, 0.3) is 0 Å². The average molecular weight is 207 g/mol. The second kappa shape index (κ2) is 3.63. The van der Waals surface area contributed by atoms with Crippen LogP contribution in [0.15, 0.2) is 12.5 Å². The van der Waals surface area contributed by atoms with Gasteiger partial charge in [-0.15, -0.1) is 0 Å². The summed E-state index contributed by atoms with van der Waals surface area (Å²) in [5.41, 5.74) is 1.56. The maximum atomic E-state index is 4.11. The Balaban J connectivity index is 2.14. The van der Waals surface area contributed by atoms with Crippen molar-refractivity contribution in [2.45, 2.75) is 51.6 Å². The number of imidazole rings is 1. The van der Waals surface area contributed by atoms with Crippen molar-refractivity contribution in [1.82, 2.24) is 14.9 Å².